The topological polar surface area (TPSA) is 41.6 Å². The molecule has 2 unspecified atom stereocenters. The molecule has 0 aliphatic carbocycles. The van der Waals surface area contributed by atoms with E-state index in [2.05, 4.69) is 12.2 Å². The van der Waals surface area contributed by atoms with E-state index in [0.717, 1.165) is 45.5 Å². The molecule has 0 aromatic heterocycles. The van der Waals surface area contributed by atoms with Gasteiger partial charge in [0.15, 0.2) is 0 Å². The van der Waals surface area contributed by atoms with Crippen LogP contribution in [0, 0.1) is 0 Å². The number of carbonyl (C=O) groups excluding carboxylic acids is 1. The van der Waals surface area contributed by atoms with E-state index in [-0.39, 0.29) is 12.4 Å². The van der Waals surface area contributed by atoms with Crippen molar-refractivity contribution in [1.82, 2.24) is 10.2 Å². The van der Waals surface area contributed by atoms with Gasteiger partial charge in [-0.1, -0.05) is 0 Å². The van der Waals surface area contributed by atoms with E-state index in [1.807, 2.05) is 4.90 Å². The number of nitrogens with zero attached hydrogens (tertiary/aromatic N) is 1. The summed E-state index contributed by atoms with van der Waals surface area (Å²) >= 11 is 0. The molecule has 2 atom stereocenters. The van der Waals surface area contributed by atoms with E-state index < -0.39 is 0 Å². The Labute approximate surface area is 109 Å². The molecule has 0 bridgehead atoms. The van der Waals surface area contributed by atoms with Gasteiger partial charge in [0.05, 0.1) is 6.10 Å². The summed E-state index contributed by atoms with van der Waals surface area (Å²) in [5.41, 5.74) is 0. The lowest BCUT2D eigenvalue weighted by Gasteiger charge is -2.32. The van der Waals surface area contributed by atoms with Crippen LogP contribution in [0.4, 0.5) is 0 Å². The zero-order chi connectivity index (χ0) is 11.4. The van der Waals surface area contributed by atoms with Crippen molar-refractivity contribution in [3.63, 3.8) is 0 Å². The molecule has 17 heavy (non-hydrogen) atoms. The summed E-state index contributed by atoms with van der Waals surface area (Å²) in [5.74, 6) is 0.295. The van der Waals surface area contributed by atoms with Gasteiger partial charge in [-0.3, -0.25) is 4.79 Å². The highest BCUT2D eigenvalue weighted by molar-refractivity contribution is 5.85. The van der Waals surface area contributed by atoms with Crippen LogP contribution in [0.3, 0.4) is 0 Å². The molecule has 2 rings (SSSR count). The number of hydrogen-bond donors (Lipinski definition) is 1. The van der Waals surface area contributed by atoms with Crippen LogP contribution in [0.5, 0.6) is 0 Å². The summed E-state index contributed by atoms with van der Waals surface area (Å²) in [7, 11) is 0. The van der Waals surface area contributed by atoms with E-state index in [9.17, 15) is 4.79 Å². The van der Waals surface area contributed by atoms with Gasteiger partial charge in [0.25, 0.3) is 0 Å². The third-order valence-corrected chi connectivity index (χ3v) is 3.43. The standard InChI is InChI=1S/C12H22N2O2.ClH/c1-10-9-14(7-6-13-10)12(15)5-4-11-3-2-8-16-11;/h10-11,13H,2-9H2,1H3;1H. The number of amides is 1. The lowest BCUT2D eigenvalue weighted by Crippen LogP contribution is -2.51. The molecule has 0 saturated carbocycles. The quantitative estimate of drug-likeness (QED) is 0.831. The number of piperazine rings is 1. The fourth-order valence-corrected chi connectivity index (χ4v) is 2.47. The number of nitrogens with one attached hydrogen (secondary N) is 1. The Morgan fingerprint density at radius 2 is 2.35 bits per heavy atom. The van der Waals surface area contributed by atoms with Crippen LogP contribution in [-0.4, -0.2) is 49.2 Å². The normalized spacial score (nSPS) is 28.9. The second-order valence-corrected chi connectivity index (χ2v) is 4.87. The minimum atomic E-state index is 0. The molecule has 2 heterocycles. The van der Waals surface area contributed by atoms with Gasteiger partial charge in [-0.05, 0) is 26.2 Å². The zero-order valence-electron chi connectivity index (χ0n) is 10.5. The Kier molecular flexibility index (Phi) is 6.23. The molecule has 2 saturated heterocycles. The van der Waals surface area contributed by atoms with Crippen molar-refractivity contribution < 1.29 is 9.53 Å². The summed E-state index contributed by atoms with van der Waals surface area (Å²) in [6, 6.07) is 0.431. The van der Waals surface area contributed by atoms with Crippen LogP contribution in [0.2, 0.25) is 0 Å². The van der Waals surface area contributed by atoms with Gasteiger partial charge >= 0.3 is 0 Å². The summed E-state index contributed by atoms with van der Waals surface area (Å²) in [4.78, 5) is 13.9. The van der Waals surface area contributed by atoms with E-state index in [4.69, 9.17) is 4.74 Å². The van der Waals surface area contributed by atoms with Gasteiger partial charge in [0, 0.05) is 38.7 Å². The maximum Gasteiger partial charge on any atom is 0.222 e. The predicted molar refractivity (Wildman–Crippen MR) is 69.5 cm³/mol. The third-order valence-electron chi connectivity index (χ3n) is 3.43. The number of rotatable bonds is 3. The molecule has 4 nitrogen and oxygen atoms in total. The molecular formula is C12H23ClN2O2. The minimum Gasteiger partial charge on any atom is -0.378 e. The van der Waals surface area contributed by atoms with Crippen molar-refractivity contribution in [2.24, 2.45) is 0 Å². The first-order valence-electron chi connectivity index (χ1n) is 6.38. The van der Waals surface area contributed by atoms with Crippen molar-refractivity contribution in [2.45, 2.75) is 44.8 Å². The number of ether oxygens (including phenoxy) is 1. The van der Waals surface area contributed by atoms with Crippen LogP contribution in [0.15, 0.2) is 0 Å². The molecule has 0 aromatic rings. The summed E-state index contributed by atoms with van der Waals surface area (Å²) in [6.45, 7) is 5.63. The van der Waals surface area contributed by atoms with Crippen molar-refractivity contribution in [1.29, 1.82) is 0 Å². The van der Waals surface area contributed by atoms with Gasteiger partial charge in [-0.2, -0.15) is 0 Å². The Balaban J connectivity index is 0.00000144. The van der Waals surface area contributed by atoms with Crippen LogP contribution in [0.1, 0.15) is 32.6 Å². The maximum atomic E-state index is 11.9. The average Bonchev–Trinajstić information content (AvgIpc) is 2.78. The summed E-state index contributed by atoms with van der Waals surface area (Å²) < 4.78 is 5.53. The fourth-order valence-electron chi connectivity index (χ4n) is 2.47. The highest BCUT2D eigenvalue weighted by Gasteiger charge is 2.22. The second-order valence-electron chi connectivity index (χ2n) is 4.87. The monoisotopic (exact) mass is 262 g/mol. The Morgan fingerprint density at radius 1 is 1.53 bits per heavy atom. The molecule has 100 valence electrons. The summed E-state index contributed by atoms with van der Waals surface area (Å²) in [5, 5.41) is 3.35. The zero-order valence-corrected chi connectivity index (χ0v) is 11.3. The first kappa shape index (κ1) is 14.7. The van der Waals surface area contributed by atoms with Crippen molar-refractivity contribution in [3.05, 3.63) is 0 Å². The van der Waals surface area contributed by atoms with Crippen LogP contribution < -0.4 is 5.32 Å². The predicted octanol–water partition coefficient (Wildman–Crippen LogP) is 1.19. The Bertz CT molecular complexity index is 245. The third kappa shape index (κ3) is 4.45. The van der Waals surface area contributed by atoms with E-state index in [1.54, 1.807) is 0 Å². The molecule has 2 aliphatic rings. The Hall–Kier alpha value is -0.320. The van der Waals surface area contributed by atoms with E-state index >= 15 is 0 Å². The molecule has 1 N–H and O–H groups in total. The highest BCUT2D eigenvalue weighted by Crippen LogP contribution is 2.17. The molecule has 2 aliphatic heterocycles. The average molecular weight is 263 g/mol. The summed E-state index contributed by atoms with van der Waals surface area (Å²) in [6.07, 6.45) is 4.17. The largest absolute Gasteiger partial charge is 0.378 e. The Morgan fingerprint density at radius 3 is 3.00 bits per heavy atom. The molecule has 0 aromatic carbocycles. The van der Waals surface area contributed by atoms with Gasteiger partial charge in [-0.25, -0.2) is 0 Å². The van der Waals surface area contributed by atoms with Crippen molar-refractivity contribution >= 4 is 18.3 Å². The number of halogens is 1. The van der Waals surface area contributed by atoms with Gasteiger partial charge in [-0.15, -0.1) is 12.4 Å². The van der Waals surface area contributed by atoms with Crippen molar-refractivity contribution in [3.8, 4) is 0 Å². The highest BCUT2D eigenvalue weighted by atomic mass is 35.5. The molecule has 0 radical (unpaired) electrons. The molecular weight excluding hydrogens is 240 g/mol. The smallest absolute Gasteiger partial charge is 0.222 e. The first-order valence-corrected chi connectivity index (χ1v) is 6.38. The first-order chi connectivity index (χ1) is 7.75. The maximum absolute atomic E-state index is 11.9. The number of carbonyl (C=O) groups is 1. The van der Waals surface area contributed by atoms with E-state index in [0.29, 0.717) is 24.5 Å². The molecule has 2 fully saturated rings. The van der Waals surface area contributed by atoms with Crippen molar-refractivity contribution in [2.75, 3.05) is 26.2 Å². The van der Waals surface area contributed by atoms with Crippen LogP contribution in [-0.2, 0) is 9.53 Å². The molecule has 0 spiro atoms. The number of hydrogen-bond acceptors (Lipinski definition) is 3. The van der Waals surface area contributed by atoms with Gasteiger partial charge < -0.3 is 15.0 Å². The van der Waals surface area contributed by atoms with Gasteiger partial charge in [0.2, 0.25) is 5.91 Å². The SMILES string of the molecule is CC1CN(C(=O)CCC2CCCO2)CCN1.Cl. The lowest BCUT2D eigenvalue weighted by atomic mass is 10.1. The van der Waals surface area contributed by atoms with E-state index in [1.165, 1.54) is 0 Å². The lowest BCUT2D eigenvalue weighted by molar-refractivity contribution is -0.132. The second kappa shape index (κ2) is 7.19. The molecule has 5 heteroatoms. The van der Waals surface area contributed by atoms with Crippen LogP contribution in [0.25, 0.3) is 0 Å². The molecule has 1 amide bonds. The fraction of sp³-hybridized carbons (Fsp3) is 0.917. The van der Waals surface area contributed by atoms with Gasteiger partial charge in [0.1, 0.15) is 0 Å². The minimum absolute atomic E-state index is 0. The van der Waals surface area contributed by atoms with Crippen LogP contribution >= 0.6 is 12.4 Å².